The number of esters is 1. The van der Waals surface area contributed by atoms with Crippen LogP contribution in [0.3, 0.4) is 0 Å². The molecule has 1 rings (SSSR count). The summed E-state index contributed by atoms with van der Waals surface area (Å²) < 4.78 is 4.68. The van der Waals surface area contributed by atoms with Crippen LogP contribution in [0.4, 0.5) is 0 Å². The van der Waals surface area contributed by atoms with Crippen molar-refractivity contribution in [3.63, 3.8) is 0 Å². The molecule has 0 aliphatic rings. The van der Waals surface area contributed by atoms with Crippen molar-refractivity contribution in [1.82, 2.24) is 5.32 Å². The summed E-state index contributed by atoms with van der Waals surface area (Å²) in [5, 5.41) is 3.09. The van der Waals surface area contributed by atoms with Gasteiger partial charge in [0.2, 0.25) is 0 Å². The maximum Gasteiger partial charge on any atom is 0.306 e. The van der Waals surface area contributed by atoms with Crippen LogP contribution in [0, 0.1) is 0 Å². The lowest BCUT2D eigenvalue weighted by atomic mass is 9.96. The number of hydrogen-bond donors (Lipinski definition) is 1. The second-order valence-electron chi connectivity index (χ2n) is 3.45. The fourth-order valence-corrected chi connectivity index (χ4v) is 1.56. The molecule has 0 radical (unpaired) electrons. The summed E-state index contributed by atoms with van der Waals surface area (Å²) in [4.78, 5) is 11.2. The van der Waals surface area contributed by atoms with Crippen LogP contribution in [-0.2, 0) is 9.53 Å². The molecule has 1 aromatic rings. The number of hydrogen-bond acceptors (Lipinski definition) is 3. The van der Waals surface area contributed by atoms with Gasteiger partial charge in [-0.1, -0.05) is 30.3 Å². The van der Waals surface area contributed by atoms with Gasteiger partial charge in [0.05, 0.1) is 13.5 Å². The van der Waals surface area contributed by atoms with Crippen molar-refractivity contribution < 1.29 is 9.53 Å². The van der Waals surface area contributed by atoms with E-state index in [9.17, 15) is 4.79 Å². The van der Waals surface area contributed by atoms with Gasteiger partial charge in [0.1, 0.15) is 0 Å². The van der Waals surface area contributed by atoms with Crippen molar-refractivity contribution in [3.05, 3.63) is 35.9 Å². The Morgan fingerprint density at radius 3 is 2.60 bits per heavy atom. The molecule has 3 heteroatoms. The summed E-state index contributed by atoms with van der Waals surface area (Å²) >= 11 is 0. The molecular weight excluding hydrogens is 190 g/mol. The molecule has 0 saturated heterocycles. The van der Waals surface area contributed by atoms with Crippen LogP contribution in [0.5, 0.6) is 0 Å². The Labute approximate surface area is 90.4 Å². The molecule has 82 valence electrons. The number of rotatable bonds is 5. The van der Waals surface area contributed by atoms with E-state index in [0.717, 1.165) is 12.1 Å². The van der Waals surface area contributed by atoms with E-state index in [4.69, 9.17) is 0 Å². The average molecular weight is 207 g/mol. The largest absolute Gasteiger partial charge is 0.469 e. The average Bonchev–Trinajstić information content (AvgIpc) is 2.29. The lowest BCUT2D eigenvalue weighted by Crippen LogP contribution is -2.20. The molecule has 1 atom stereocenters. The van der Waals surface area contributed by atoms with Crippen molar-refractivity contribution in [3.8, 4) is 0 Å². The fourth-order valence-electron chi connectivity index (χ4n) is 1.56. The van der Waals surface area contributed by atoms with Crippen LogP contribution in [-0.4, -0.2) is 26.7 Å². The summed E-state index contributed by atoms with van der Waals surface area (Å²) in [6.45, 7) is 0.777. The molecule has 0 unspecified atom stereocenters. The van der Waals surface area contributed by atoms with Crippen LogP contribution in [0.1, 0.15) is 17.9 Å². The Balaban J connectivity index is 2.70. The first-order chi connectivity index (χ1) is 7.27. The van der Waals surface area contributed by atoms with E-state index in [1.54, 1.807) is 0 Å². The summed E-state index contributed by atoms with van der Waals surface area (Å²) in [6, 6.07) is 10.00. The van der Waals surface area contributed by atoms with E-state index in [1.165, 1.54) is 7.11 Å². The first-order valence-corrected chi connectivity index (χ1v) is 5.04. The zero-order valence-corrected chi connectivity index (χ0v) is 9.19. The summed E-state index contributed by atoms with van der Waals surface area (Å²) in [5.41, 5.74) is 1.16. The molecule has 15 heavy (non-hydrogen) atoms. The second kappa shape index (κ2) is 6.19. The Morgan fingerprint density at radius 1 is 1.40 bits per heavy atom. The minimum Gasteiger partial charge on any atom is -0.469 e. The molecule has 0 bridgehead atoms. The van der Waals surface area contributed by atoms with Gasteiger partial charge in [-0.3, -0.25) is 4.79 Å². The number of benzene rings is 1. The van der Waals surface area contributed by atoms with Gasteiger partial charge in [0, 0.05) is 12.5 Å². The molecule has 0 heterocycles. The topological polar surface area (TPSA) is 38.3 Å². The highest BCUT2D eigenvalue weighted by Gasteiger charge is 2.15. The van der Waals surface area contributed by atoms with Crippen molar-refractivity contribution in [1.29, 1.82) is 0 Å². The third-order valence-corrected chi connectivity index (χ3v) is 2.36. The maximum absolute atomic E-state index is 11.2. The van der Waals surface area contributed by atoms with Gasteiger partial charge in [-0.15, -0.1) is 0 Å². The van der Waals surface area contributed by atoms with E-state index >= 15 is 0 Å². The predicted molar refractivity (Wildman–Crippen MR) is 59.7 cm³/mol. The van der Waals surface area contributed by atoms with Gasteiger partial charge in [-0.05, 0) is 12.6 Å². The number of ether oxygens (including phenoxy) is 1. The molecule has 3 nitrogen and oxygen atoms in total. The number of likely N-dealkylation sites (N-methyl/N-ethyl adjacent to an activating group) is 1. The SMILES string of the molecule is CNC[C@H](CC(=O)OC)c1ccccc1. The zero-order valence-electron chi connectivity index (χ0n) is 9.19. The van der Waals surface area contributed by atoms with Gasteiger partial charge in [-0.25, -0.2) is 0 Å². The molecule has 0 amide bonds. The van der Waals surface area contributed by atoms with Crippen molar-refractivity contribution in [2.45, 2.75) is 12.3 Å². The van der Waals surface area contributed by atoms with Crippen molar-refractivity contribution >= 4 is 5.97 Å². The van der Waals surface area contributed by atoms with Crippen molar-refractivity contribution in [2.24, 2.45) is 0 Å². The lowest BCUT2D eigenvalue weighted by Gasteiger charge is -2.15. The van der Waals surface area contributed by atoms with Gasteiger partial charge >= 0.3 is 5.97 Å². The highest BCUT2D eigenvalue weighted by molar-refractivity contribution is 5.70. The van der Waals surface area contributed by atoms with Gasteiger partial charge in [-0.2, -0.15) is 0 Å². The van der Waals surface area contributed by atoms with Crippen molar-refractivity contribution in [2.75, 3.05) is 20.7 Å². The molecule has 0 aliphatic heterocycles. The quantitative estimate of drug-likeness (QED) is 0.744. The summed E-state index contributed by atoms with van der Waals surface area (Å²) in [6.07, 6.45) is 0.418. The molecule has 0 aromatic heterocycles. The van der Waals surface area contributed by atoms with Gasteiger partial charge < -0.3 is 10.1 Å². The Morgan fingerprint density at radius 2 is 2.07 bits per heavy atom. The molecular formula is C12H17NO2. The number of nitrogens with one attached hydrogen (secondary N) is 1. The predicted octanol–water partition coefficient (Wildman–Crippen LogP) is 1.55. The summed E-state index contributed by atoms with van der Waals surface area (Å²) in [7, 11) is 3.30. The number of carbonyl (C=O) groups is 1. The molecule has 0 saturated carbocycles. The molecule has 1 aromatic carbocycles. The Bertz CT molecular complexity index is 298. The van der Waals surface area contributed by atoms with Crippen LogP contribution in [0.25, 0.3) is 0 Å². The lowest BCUT2D eigenvalue weighted by molar-refractivity contribution is -0.141. The monoisotopic (exact) mass is 207 g/mol. The van der Waals surface area contributed by atoms with Crippen LogP contribution in [0.15, 0.2) is 30.3 Å². The minimum atomic E-state index is -0.167. The van der Waals surface area contributed by atoms with E-state index in [1.807, 2.05) is 37.4 Å². The molecule has 0 fully saturated rings. The van der Waals surface area contributed by atoms with Gasteiger partial charge in [0.25, 0.3) is 0 Å². The Kier molecular flexibility index (Phi) is 4.84. The third-order valence-electron chi connectivity index (χ3n) is 2.36. The fraction of sp³-hybridized carbons (Fsp3) is 0.417. The maximum atomic E-state index is 11.2. The normalized spacial score (nSPS) is 12.1. The smallest absolute Gasteiger partial charge is 0.306 e. The van der Waals surface area contributed by atoms with Crippen LogP contribution < -0.4 is 5.32 Å². The van der Waals surface area contributed by atoms with E-state index in [2.05, 4.69) is 10.1 Å². The molecule has 0 spiro atoms. The zero-order chi connectivity index (χ0) is 11.1. The highest BCUT2D eigenvalue weighted by Crippen LogP contribution is 2.18. The van der Waals surface area contributed by atoms with Crippen LogP contribution >= 0.6 is 0 Å². The highest BCUT2D eigenvalue weighted by atomic mass is 16.5. The third kappa shape index (κ3) is 3.72. The van der Waals surface area contributed by atoms with Crippen LogP contribution in [0.2, 0.25) is 0 Å². The Hall–Kier alpha value is -1.35. The molecule has 0 aliphatic carbocycles. The second-order valence-corrected chi connectivity index (χ2v) is 3.45. The van der Waals surface area contributed by atoms with E-state index in [0.29, 0.717) is 6.42 Å². The van der Waals surface area contributed by atoms with E-state index in [-0.39, 0.29) is 11.9 Å². The number of methoxy groups -OCH3 is 1. The van der Waals surface area contributed by atoms with Gasteiger partial charge in [0.15, 0.2) is 0 Å². The first kappa shape index (κ1) is 11.7. The standard InChI is InChI=1S/C12H17NO2/c1-13-9-11(8-12(14)15-2)10-6-4-3-5-7-10/h3-7,11,13H,8-9H2,1-2H3/t11-/m0/s1. The van der Waals surface area contributed by atoms with E-state index < -0.39 is 0 Å². The number of carbonyl (C=O) groups excluding carboxylic acids is 1. The minimum absolute atomic E-state index is 0.167. The summed E-state index contributed by atoms with van der Waals surface area (Å²) in [5.74, 6) is 0.0164. The first-order valence-electron chi connectivity index (χ1n) is 5.04. The molecule has 1 N–H and O–H groups in total.